The minimum Gasteiger partial charge on any atom is -0.420 e. The molecule has 2 amide bonds. The number of H-pyrrole nitrogens is 5. The van der Waals surface area contributed by atoms with Crippen molar-refractivity contribution in [1.29, 1.82) is 0 Å². The van der Waals surface area contributed by atoms with Crippen LogP contribution in [0.1, 0.15) is 233 Å². The Morgan fingerprint density at radius 1 is 0.438 bits per heavy atom. The van der Waals surface area contributed by atoms with E-state index in [2.05, 4.69) is 278 Å². The Balaban J connectivity index is 0.000000125. The van der Waals surface area contributed by atoms with Gasteiger partial charge in [0.15, 0.2) is 23.2 Å². The van der Waals surface area contributed by atoms with Crippen molar-refractivity contribution in [2.45, 2.75) is 256 Å². The summed E-state index contributed by atoms with van der Waals surface area (Å²) in [4.78, 5) is 93.8. The molecule has 0 saturated carbocycles. The number of benzene rings is 4. The largest absolute Gasteiger partial charge is 0.420 e. The number of amides is 2. The van der Waals surface area contributed by atoms with Crippen molar-refractivity contribution < 1.29 is 23.6 Å². The van der Waals surface area contributed by atoms with Gasteiger partial charge >= 0.3 is 0 Å². The van der Waals surface area contributed by atoms with Crippen LogP contribution in [-0.2, 0) is 25.7 Å². The molecule has 7 aliphatic rings. The van der Waals surface area contributed by atoms with Gasteiger partial charge in [0.25, 0.3) is 17.8 Å². The first-order valence-electron chi connectivity index (χ1n) is 47.6. The number of oxazole rings is 1. The number of unbranched alkanes of at least 4 members (excludes halogenated alkanes) is 4. The molecule has 29 heteroatoms. The molecule has 15 heterocycles. The summed E-state index contributed by atoms with van der Waals surface area (Å²) in [6, 6.07) is 38.5. The Kier molecular flexibility index (Phi) is 30.3. The van der Waals surface area contributed by atoms with Gasteiger partial charge in [0.1, 0.15) is 0 Å². The van der Waals surface area contributed by atoms with Crippen molar-refractivity contribution in [2.24, 2.45) is 11.8 Å². The molecule has 128 heavy (non-hydrogen) atoms. The average molecular weight is 1780 g/mol. The Bertz CT molecular complexity index is 4940. The number of aromatic amines is 5. The number of ketones is 2. The lowest BCUT2D eigenvalue weighted by Gasteiger charge is -2.42. The van der Waals surface area contributed by atoms with E-state index in [1.165, 1.54) is 105 Å². The topological polar surface area (TPSA) is 301 Å². The van der Waals surface area contributed by atoms with Crippen molar-refractivity contribution in [3.63, 3.8) is 0 Å². The minimum atomic E-state index is -0.120. The zero-order chi connectivity index (χ0) is 88.9. The zero-order valence-corrected chi connectivity index (χ0v) is 78.4. The first-order valence-corrected chi connectivity index (χ1v) is 49.3. The summed E-state index contributed by atoms with van der Waals surface area (Å²) in [5, 5.41) is 38.7. The molecule has 0 radical (unpaired) electrons. The number of piperazine rings is 4. The number of carbonyl (C=O) groups is 4. The molecule has 682 valence electrons. The SMILES string of the molecule is CCCCC(CC(=O)c1cnc(N2CC3CCC(C2)N3C)o1)Cc1c[nH]c2ccccc12.CCCCC(CC(=O)c1nc(N2CC3CCC(C2)N3C)n[nH]1)Cc1c[nH]c2ccccc12.CCCCC(Cc1c[nH]c2ccccc12)NC(=O)c1nnc(N2CC3CCC(C2)N3C)s1.CCCCC(Cc1c[nH]c2ccccc12)NC(=O)c1nnc(N2C[C@@H](C)N(C)[C@@H](C)C2)s1. The quantitative estimate of drug-likeness (QED) is 0.0184. The number of nitrogens with zero attached hydrogens (tertiary/aromatic N) is 15. The first kappa shape index (κ1) is 91.2. The molecule has 6 bridgehead atoms. The van der Waals surface area contributed by atoms with Crippen molar-refractivity contribution in [1.82, 2.24) is 90.7 Å². The molecular formula is C99H134N22O5S2. The lowest BCUT2D eigenvalue weighted by Crippen LogP contribution is -2.55. The Morgan fingerprint density at radius 3 is 1.20 bits per heavy atom. The van der Waals surface area contributed by atoms with Crippen molar-refractivity contribution in [3.05, 3.63) is 172 Å². The molecule has 0 spiro atoms. The third kappa shape index (κ3) is 21.8. The number of anilines is 4. The van der Waals surface area contributed by atoms with Crippen LogP contribution in [0, 0.1) is 11.8 Å². The lowest BCUT2D eigenvalue weighted by molar-refractivity contribution is 0.0923. The molecule has 10 unspecified atom stereocenters. The third-order valence-corrected chi connectivity index (χ3v) is 30.7. The van der Waals surface area contributed by atoms with Crippen LogP contribution >= 0.6 is 22.7 Å². The number of fused-ring (bicyclic) bond motifs is 10. The number of Topliss-reactive ketones (excluding diaryl/α,β-unsaturated/α-hetero) is 2. The second kappa shape index (κ2) is 42.6. The number of hydrogen-bond acceptors (Lipinski definition) is 22. The second-order valence-electron chi connectivity index (χ2n) is 37.6. The molecule has 4 aromatic carbocycles. The highest BCUT2D eigenvalue weighted by Gasteiger charge is 2.42. The molecule has 7 fully saturated rings. The highest BCUT2D eigenvalue weighted by atomic mass is 32.1. The van der Waals surface area contributed by atoms with Gasteiger partial charge in [-0.25, -0.2) is 4.98 Å². The summed E-state index contributed by atoms with van der Waals surface area (Å²) < 4.78 is 6.00. The second-order valence-corrected chi connectivity index (χ2v) is 39.5. The van der Waals surface area contributed by atoms with E-state index in [1.54, 1.807) is 6.20 Å². The fraction of sp³-hybridized carbons (Fsp3) is 0.545. The van der Waals surface area contributed by atoms with E-state index in [0.29, 0.717) is 107 Å². The predicted octanol–water partition coefficient (Wildman–Crippen LogP) is 17.2. The van der Waals surface area contributed by atoms with Crippen molar-refractivity contribution in [2.75, 3.05) is 100 Å². The molecule has 12 aromatic rings. The molecule has 19 rings (SSSR count). The molecular weight excluding hydrogens is 1640 g/mol. The van der Waals surface area contributed by atoms with E-state index < -0.39 is 0 Å². The van der Waals surface area contributed by atoms with Gasteiger partial charge in [-0.1, -0.05) is 175 Å². The van der Waals surface area contributed by atoms with Crippen molar-refractivity contribution in [3.8, 4) is 0 Å². The standard InChI is InChI=1S/C26H34N4O2.C25H34N6O.C24H32N6OS.C24H34N6OS/c1-3-4-7-18(12-19-14-27-23-9-6-5-8-22(19)23)13-24(31)25-15-28-26(32-25)30-16-20-10-11-21(17-30)29(20)2;1-3-4-7-17(12-18-14-26-22-9-6-5-8-21(18)22)13-23(32)24-27-25(29-28-24)31-15-19-10-11-20(16-31)30(19)2;1-3-4-7-17(12-16-13-25-21-9-6-5-8-20(16)21)26-22(31)23-27-28-24(32-23)30-14-18-10-11-19(15-30)29(18)2;1-5-6-9-19(12-18-13-25-21-11-8-7-10-20(18)21)26-22(31)23-27-28-24(32-23)30-14-16(2)29(4)17(3)15-30/h5-6,8-9,14-15,18,20-21,27H,3-4,7,10-13,16-17H2,1-2H3;5-6,8-9,14,17,19-20,26H,3-4,7,10-13,15-16H2,1-2H3,(H,27,28,29);5-6,8-9,13,17-19,25H,3-4,7,10-12,14-15H2,1-2H3,(H,26,31);7-8,10-11,13,16-17,19,25H,5-6,9,12,14-15H2,1-4H3,(H,26,31)/t;;;16-,17+,19?. The van der Waals surface area contributed by atoms with Crippen LogP contribution in [0.15, 0.2) is 132 Å². The normalized spacial score (nSPS) is 21.6. The van der Waals surface area contributed by atoms with Gasteiger partial charge < -0.3 is 54.6 Å². The first-order chi connectivity index (χ1) is 62.3. The van der Waals surface area contributed by atoms with E-state index in [9.17, 15) is 19.2 Å². The van der Waals surface area contributed by atoms with Crippen molar-refractivity contribution >= 4 is 112 Å². The number of carbonyl (C=O) groups excluding carboxylic acids is 4. The molecule has 8 aromatic heterocycles. The maximum Gasteiger partial charge on any atom is 0.297 e. The smallest absolute Gasteiger partial charge is 0.297 e. The number of para-hydroxylation sites is 4. The summed E-state index contributed by atoms with van der Waals surface area (Å²) in [7, 11) is 8.82. The van der Waals surface area contributed by atoms with Gasteiger partial charge in [-0.2, -0.15) is 4.98 Å². The van der Waals surface area contributed by atoms with E-state index in [0.717, 1.165) is 187 Å². The maximum absolute atomic E-state index is 13.1. The number of aromatic nitrogens is 12. The van der Waals surface area contributed by atoms with Crippen LogP contribution in [0.3, 0.4) is 0 Å². The number of rotatable bonds is 34. The molecule has 7 N–H and O–H groups in total. The lowest BCUT2D eigenvalue weighted by atomic mass is 9.89. The van der Waals surface area contributed by atoms with Gasteiger partial charge in [0, 0.05) is 194 Å². The fourth-order valence-corrected chi connectivity index (χ4v) is 22.3. The van der Waals surface area contributed by atoms with Gasteiger partial charge in [-0.3, -0.25) is 43.9 Å². The van der Waals surface area contributed by atoms with Crippen LogP contribution in [0.4, 0.5) is 22.2 Å². The Labute approximate surface area is 761 Å². The predicted molar refractivity (Wildman–Crippen MR) is 515 cm³/mol. The summed E-state index contributed by atoms with van der Waals surface area (Å²) in [5.41, 5.74) is 9.65. The fourth-order valence-electron chi connectivity index (χ4n) is 20.8. The van der Waals surface area contributed by atoms with Crippen LogP contribution in [-0.4, -0.2) is 244 Å². The molecule has 27 nitrogen and oxygen atoms in total. The molecule has 12 atom stereocenters. The Morgan fingerprint density at radius 2 is 0.797 bits per heavy atom. The zero-order valence-electron chi connectivity index (χ0n) is 76.7. The van der Waals surface area contributed by atoms with Gasteiger partial charge in [0.05, 0.1) is 6.20 Å². The summed E-state index contributed by atoms with van der Waals surface area (Å²) in [6.45, 7) is 20.7. The molecule has 0 aliphatic carbocycles. The van der Waals surface area contributed by atoms with Gasteiger partial charge in [0.2, 0.25) is 26.2 Å². The number of nitrogens with one attached hydrogen (secondary N) is 7. The molecule has 7 aliphatic heterocycles. The van der Waals surface area contributed by atoms with E-state index in [4.69, 9.17) is 4.42 Å². The highest BCUT2D eigenvalue weighted by Crippen LogP contribution is 2.38. The van der Waals surface area contributed by atoms with Crippen LogP contribution < -0.4 is 30.2 Å². The van der Waals surface area contributed by atoms with Crippen LogP contribution in [0.5, 0.6) is 0 Å². The minimum absolute atomic E-state index is 0.0673. The number of likely N-dealkylation sites (N-methyl/N-ethyl adjacent to an activating group) is 4. The van der Waals surface area contributed by atoms with E-state index in [1.807, 2.05) is 24.3 Å². The van der Waals surface area contributed by atoms with Crippen LogP contribution in [0.2, 0.25) is 0 Å². The van der Waals surface area contributed by atoms with E-state index in [-0.39, 0.29) is 35.5 Å². The van der Waals surface area contributed by atoms with Gasteiger partial charge in [-0.15, -0.1) is 25.5 Å². The monoisotopic (exact) mass is 1780 g/mol. The highest BCUT2D eigenvalue weighted by molar-refractivity contribution is 7.17. The molecule has 7 saturated heterocycles. The Hall–Kier alpha value is -10.2. The number of hydrogen-bond donors (Lipinski definition) is 7. The summed E-state index contributed by atoms with van der Waals surface area (Å²) in [5.74, 6) is 2.02. The summed E-state index contributed by atoms with van der Waals surface area (Å²) >= 11 is 2.82. The third-order valence-electron chi connectivity index (χ3n) is 28.7. The van der Waals surface area contributed by atoms with Gasteiger partial charge in [-0.05, 0) is 190 Å². The van der Waals surface area contributed by atoms with Crippen LogP contribution in [0.25, 0.3) is 43.6 Å². The summed E-state index contributed by atoms with van der Waals surface area (Å²) in [6.07, 6.45) is 34.7. The average Bonchev–Trinajstić information content (AvgIpc) is 1.63. The maximum atomic E-state index is 13.1. The van der Waals surface area contributed by atoms with E-state index >= 15 is 0 Å².